The average Bonchev–Trinajstić information content (AvgIpc) is 2.88. The number of rotatable bonds is 5. The van der Waals surface area contributed by atoms with Crippen molar-refractivity contribution < 1.29 is 4.79 Å². The van der Waals surface area contributed by atoms with Crippen molar-refractivity contribution >= 4 is 5.91 Å². The summed E-state index contributed by atoms with van der Waals surface area (Å²) in [6.45, 7) is 1.44. The van der Waals surface area contributed by atoms with Gasteiger partial charge in [0, 0.05) is 37.9 Å². The van der Waals surface area contributed by atoms with Gasteiger partial charge >= 0.3 is 0 Å². The maximum atomic E-state index is 11.6. The molecule has 0 aliphatic carbocycles. The second-order valence-electron chi connectivity index (χ2n) is 3.62. The van der Waals surface area contributed by atoms with Crippen molar-refractivity contribution in [3.63, 3.8) is 0 Å². The van der Waals surface area contributed by atoms with Crippen molar-refractivity contribution in [1.29, 1.82) is 0 Å². The maximum absolute atomic E-state index is 11.6. The molecule has 2 aromatic rings. The van der Waals surface area contributed by atoms with E-state index in [9.17, 15) is 4.79 Å². The summed E-state index contributed by atoms with van der Waals surface area (Å²) >= 11 is 0. The van der Waals surface area contributed by atoms with Crippen molar-refractivity contribution in [2.75, 3.05) is 6.54 Å². The van der Waals surface area contributed by atoms with Crippen LogP contribution in [0.3, 0.4) is 0 Å². The van der Waals surface area contributed by atoms with Gasteiger partial charge in [-0.15, -0.1) is 0 Å². The third-order valence-corrected chi connectivity index (χ3v) is 2.33. The van der Waals surface area contributed by atoms with Crippen LogP contribution in [0.25, 0.3) is 0 Å². The summed E-state index contributed by atoms with van der Waals surface area (Å²) in [4.78, 5) is 15.5. The Bertz CT molecular complexity index is 453. The van der Waals surface area contributed by atoms with Gasteiger partial charge in [-0.05, 0) is 24.6 Å². The Morgan fingerprint density at radius 1 is 1.35 bits per heavy atom. The molecule has 0 saturated carbocycles. The molecule has 2 aromatic heterocycles. The standard InChI is InChI=1S/C12H14N4O/c17-12(11-4-1-5-13-10-11)14-6-2-8-16-9-3-7-15-16/h1,3-5,7,9-10H,2,6,8H2,(H,14,17). The van der Waals surface area contributed by atoms with E-state index in [1.807, 2.05) is 16.9 Å². The van der Waals surface area contributed by atoms with E-state index in [2.05, 4.69) is 15.4 Å². The normalized spacial score (nSPS) is 10.1. The fraction of sp³-hybridized carbons (Fsp3) is 0.250. The molecule has 17 heavy (non-hydrogen) atoms. The van der Waals surface area contributed by atoms with Gasteiger partial charge in [0.2, 0.25) is 0 Å². The van der Waals surface area contributed by atoms with Gasteiger partial charge in [-0.25, -0.2) is 0 Å². The summed E-state index contributed by atoms with van der Waals surface area (Å²) in [6.07, 6.45) is 7.71. The molecule has 88 valence electrons. The van der Waals surface area contributed by atoms with Gasteiger partial charge in [0.05, 0.1) is 5.56 Å². The van der Waals surface area contributed by atoms with Gasteiger partial charge in [-0.3, -0.25) is 14.5 Å². The minimum absolute atomic E-state index is 0.0847. The number of aryl methyl sites for hydroxylation is 1. The van der Waals surface area contributed by atoms with Gasteiger partial charge in [0.1, 0.15) is 0 Å². The van der Waals surface area contributed by atoms with Crippen LogP contribution in [0.4, 0.5) is 0 Å². The molecule has 0 aliphatic heterocycles. The maximum Gasteiger partial charge on any atom is 0.252 e. The fourth-order valence-electron chi connectivity index (χ4n) is 1.47. The first-order valence-corrected chi connectivity index (χ1v) is 5.52. The number of aromatic nitrogens is 3. The summed E-state index contributed by atoms with van der Waals surface area (Å²) in [7, 11) is 0. The molecule has 0 aromatic carbocycles. The first kappa shape index (κ1) is 11.3. The molecule has 0 aliphatic rings. The molecule has 0 spiro atoms. The SMILES string of the molecule is O=C(NCCCn1cccn1)c1cccnc1. The Labute approximate surface area is 99.5 Å². The quantitative estimate of drug-likeness (QED) is 0.782. The molecule has 5 heteroatoms. The minimum atomic E-state index is -0.0847. The zero-order valence-corrected chi connectivity index (χ0v) is 9.41. The summed E-state index contributed by atoms with van der Waals surface area (Å²) in [5, 5.41) is 6.93. The number of pyridine rings is 1. The molecule has 0 atom stereocenters. The lowest BCUT2D eigenvalue weighted by molar-refractivity contribution is 0.0952. The molecule has 1 N–H and O–H groups in total. The zero-order chi connectivity index (χ0) is 11.9. The first-order valence-electron chi connectivity index (χ1n) is 5.52. The van der Waals surface area contributed by atoms with Gasteiger partial charge in [-0.2, -0.15) is 5.10 Å². The van der Waals surface area contributed by atoms with E-state index >= 15 is 0 Å². The molecular formula is C12H14N4O. The summed E-state index contributed by atoms with van der Waals surface area (Å²) in [5.74, 6) is -0.0847. The molecule has 5 nitrogen and oxygen atoms in total. The van der Waals surface area contributed by atoms with E-state index in [1.165, 1.54) is 0 Å². The highest BCUT2D eigenvalue weighted by molar-refractivity contribution is 5.93. The molecular weight excluding hydrogens is 216 g/mol. The highest BCUT2D eigenvalue weighted by Gasteiger charge is 2.03. The van der Waals surface area contributed by atoms with Crippen molar-refractivity contribution in [1.82, 2.24) is 20.1 Å². The Kier molecular flexibility index (Phi) is 3.85. The number of carbonyl (C=O) groups is 1. The highest BCUT2D eigenvalue weighted by Crippen LogP contribution is 1.95. The topological polar surface area (TPSA) is 59.8 Å². The number of amides is 1. The molecule has 0 radical (unpaired) electrons. The zero-order valence-electron chi connectivity index (χ0n) is 9.41. The van der Waals surface area contributed by atoms with Crippen molar-refractivity contribution in [2.45, 2.75) is 13.0 Å². The van der Waals surface area contributed by atoms with E-state index in [-0.39, 0.29) is 5.91 Å². The van der Waals surface area contributed by atoms with Crippen LogP contribution in [0.1, 0.15) is 16.8 Å². The van der Waals surface area contributed by atoms with Gasteiger partial charge < -0.3 is 5.32 Å². The van der Waals surface area contributed by atoms with E-state index < -0.39 is 0 Å². The Morgan fingerprint density at radius 3 is 3.00 bits per heavy atom. The summed E-state index contributed by atoms with van der Waals surface area (Å²) < 4.78 is 1.84. The number of nitrogens with zero attached hydrogens (tertiary/aromatic N) is 3. The summed E-state index contributed by atoms with van der Waals surface area (Å²) in [5.41, 5.74) is 0.589. The molecule has 2 rings (SSSR count). The third-order valence-electron chi connectivity index (χ3n) is 2.33. The van der Waals surface area contributed by atoms with Crippen LogP contribution < -0.4 is 5.32 Å². The Morgan fingerprint density at radius 2 is 2.29 bits per heavy atom. The Balaban J connectivity index is 1.70. The Hall–Kier alpha value is -2.17. The minimum Gasteiger partial charge on any atom is -0.352 e. The number of hydrogen-bond donors (Lipinski definition) is 1. The summed E-state index contributed by atoms with van der Waals surface area (Å²) in [6, 6.07) is 5.38. The van der Waals surface area contributed by atoms with Crippen LogP contribution in [0.5, 0.6) is 0 Å². The molecule has 0 bridgehead atoms. The first-order chi connectivity index (χ1) is 8.36. The van der Waals surface area contributed by atoms with Crippen molar-refractivity contribution in [3.05, 3.63) is 48.5 Å². The van der Waals surface area contributed by atoms with Gasteiger partial charge in [0.25, 0.3) is 5.91 Å². The monoisotopic (exact) mass is 230 g/mol. The van der Waals surface area contributed by atoms with Crippen LogP contribution in [0, 0.1) is 0 Å². The van der Waals surface area contributed by atoms with Gasteiger partial charge in [0.15, 0.2) is 0 Å². The van der Waals surface area contributed by atoms with E-state index in [4.69, 9.17) is 0 Å². The van der Waals surface area contributed by atoms with Crippen LogP contribution in [0.15, 0.2) is 43.0 Å². The molecule has 0 fully saturated rings. The van der Waals surface area contributed by atoms with E-state index in [0.29, 0.717) is 12.1 Å². The van der Waals surface area contributed by atoms with Gasteiger partial charge in [-0.1, -0.05) is 0 Å². The smallest absolute Gasteiger partial charge is 0.252 e. The molecule has 2 heterocycles. The lowest BCUT2D eigenvalue weighted by atomic mass is 10.2. The second-order valence-corrected chi connectivity index (χ2v) is 3.62. The number of carbonyl (C=O) groups excluding carboxylic acids is 1. The average molecular weight is 230 g/mol. The van der Waals surface area contributed by atoms with Crippen LogP contribution >= 0.6 is 0 Å². The van der Waals surface area contributed by atoms with E-state index in [0.717, 1.165) is 13.0 Å². The lowest BCUT2D eigenvalue weighted by Crippen LogP contribution is -2.25. The molecule has 1 amide bonds. The third kappa shape index (κ3) is 3.41. The van der Waals surface area contributed by atoms with Crippen LogP contribution in [-0.2, 0) is 6.54 Å². The molecule has 0 saturated heterocycles. The van der Waals surface area contributed by atoms with E-state index in [1.54, 1.807) is 30.7 Å². The van der Waals surface area contributed by atoms with Crippen molar-refractivity contribution in [3.8, 4) is 0 Å². The van der Waals surface area contributed by atoms with Crippen molar-refractivity contribution in [2.24, 2.45) is 0 Å². The predicted octanol–water partition coefficient (Wildman–Crippen LogP) is 1.10. The second kappa shape index (κ2) is 5.79. The van der Waals surface area contributed by atoms with Crippen LogP contribution in [-0.4, -0.2) is 27.2 Å². The lowest BCUT2D eigenvalue weighted by Gasteiger charge is -2.04. The largest absolute Gasteiger partial charge is 0.352 e. The number of hydrogen-bond acceptors (Lipinski definition) is 3. The highest BCUT2D eigenvalue weighted by atomic mass is 16.1. The fourth-order valence-corrected chi connectivity index (χ4v) is 1.47. The predicted molar refractivity (Wildman–Crippen MR) is 63.4 cm³/mol. The number of nitrogens with one attached hydrogen (secondary N) is 1. The van der Waals surface area contributed by atoms with Crippen LogP contribution in [0.2, 0.25) is 0 Å². The molecule has 0 unspecified atom stereocenters.